The van der Waals surface area contributed by atoms with Gasteiger partial charge >= 0.3 is 0 Å². The van der Waals surface area contributed by atoms with Crippen LogP contribution in [0.15, 0.2) is 53.2 Å². The summed E-state index contributed by atoms with van der Waals surface area (Å²) in [5, 5.41) is 21.4. The third-order valence-electron chi connectivity index (χ3n) is 4.95. The fourth-order valence-electron chi connectivity index (χ4n) is 3.24. The second-order valence-electron chi connectivity index (χ2n) is 7.61. The zero-order valence-corrected chi connectivity index (χ0v) is 19.6. The lowest BCUT2D eigenvalue weighted by Crippen LogP contribution is -2.16. The number of fused-ring (bicyclic) bond motifs is 3. The number of rotatable bonds is 8. The summed E-state index contributed by atoms with van der Waals surface area (Å²) in [5.41, 5.74) is 3.13. The number of amides is 1. The minimum absolute atomic E-state index is 0.309. The summed E-state index contributed by atoms with van der Waals surface area (Å²) >= 11 is 0. The van der Waals surface area contributed by atoms with Crippen molar-refractivity contribution in [2.24, 2.45) is 0 Å². The van der Waals surface area contributed by atoms with Crippen molar-refractivity contribution in [3.63, 3.8) is 0 Å². The van der Waals surface area contributed by atoms with Gasteiger partial charge in [-0.3, -0.25) is 9.78 Å². The van der Waals surface area contributed by atoms with Gasteiger partial charge in [0, 0.05) is 36.7 Å². The third kappa shape index (κ3) is 5.58. The maximum Gasteiger partial charge on any atom is 0.240 e. The van der Waals surface area contributed by atoms with Crippen LogP contribution >= 0.6 is 0 Å². The van der Waals surface area contributed by atoms with Crippen LogP contribution in [0.5, 0.6) is 5.88 Å². The predicted molar refractivity (Wildman–Crippen MR) is 128 cm³/mol. The number of nitrogens with one attached hydrogen (secondary N) is 1. The summed E-state index contributed by atoms with van der Waals surface area (Å²) in [6, 6.07) is 13.6. The van der Waals surface area contributed by atoms with E-state index in [4.69, 9.17) is 9.26 Å². The Hall–Kier alpha value is -4.38. The minimum atomic E-state index is 0.309. The number of ether oxygens (including phenoxy) is 2. The Balaban J connectivity index is 0.000000364. The van der Waals surface area contributed by atoms with Crippen LogP contribution in [0.4, 0.5) is 0 Å². The highest BCUT2D eigenvalue weighted by Gasteiger charge is 2.18. The highest BCUT2D eigenvalue weighted by Crippen LogP contribution is 2.29. The van der Waals surface area contributed by atoms with E-state index in [0.29, 0.717) is 55.0 Å². The Morgan fingerprint density at radius 1 is 1.11 bits per heavy atom. The average molecular weight is 476 g/mol. The lowest BCUT2D eigenvalue weighted by Gasteiger charge is -2.09. The van der Waals surface area contributed by atoms with Gasteiger partial charge < -0.3 is 19.3 Å². The molecule has 4 heterocycles. The monoisotopic (exact) mass is 475 g/mol. The van der Waals surface area contributed by atoms with E-state index in [1.54, 1.807) is 17.7 Å². The van der Waals surface area contributed by atoms with Crippen molar-refractivity contribution in [2.45, 2.75) is 20.5 Å². The van der Waals surface area contributed by atoms with Crippen molar-refractivity contribution in [1.82, 2.24) is 35.3 Å². The standard InChI is InChI=1S/C20H16N6O2.C4H9NO2/c1-12-7-8-14(21-10-12)11-27-20-16-6-4-3-5-15(16)18-22-23-19(26(18)24-20)17-9-13(2)28-25-17;1-7-3-2-5-4-6/h3-10H,11H2,1-2H3;4H,2-3H2,1H3,(H,5,6). The molecule has 11 heteroatoms. The van der Waals surface area contributed by atoms with E-state index in [1.807, 2.05) is 56.4 Å². The lowest BCUT2D eigenvalue weighted by molar-refractivity contribution is -0.109. The molecule has 5 rings (SSSR count). The quantitative estimate of drug-likeness (QED) is 0.266. The number of aryl methyl sites for hydroxylation is 2. The van der Waals surface area contributed by atoms with Crippen molar-refractivity contribution in [3.05, 3.63) is 65.7 Å². The van der Waals surface area contributed by atoms with Crippen molar-refractivity contribution in [1.29, 1.82) is 0 Å². The second-order valence-corrected chi connectivity index (χ2v) is 7.61. The highest BCUT2D eigenvalue weighted by molar-refractivity contribution is 5.96. The molecule has 0 atom stereocenters. The largest absolute Gasteiger partial charge is 0.470 e. The molecule has 0 saturated carbocycles. The molecule has 0 aliphatic rings. The van der Waals surface area contributed by atoms with E-state index in [1.165, 1.54) is 0 Å². The van der Waals surface area contributed by atoms with Crippen LogP contribution in [0.2, 0.25) is 0 Å². The number of methoxy groups -OCH3 is 1. The summed E-state index contributed by atoms with van der Waals surface area (Å²) in [6.07, 6.45) is 2.47. The Labute approximate surface area is 201 Å². The Morgan fingerprint density at radius 2 is 1.94 bits per heavy atom. The smallest absolute Gasteiger partial charge is 0.240 e. The second kappa shape index (κ2) is 11.2. The van der Waals surface area contributed by atoms with Crippen LogP contribution in [0.25, 0.3) is 27.9 Å². The van der Waals surface area contributed by atoms with E-state index in [-0.39, 0.29) is 0 Å². The zero-order chi connectivity index (χ0) is 24.6. The minimum Gasteiger partial charge on any atom is -0.470 e. The molecule has 0 unspecified atom stereocenters. The number of hydrogen-bond donors (Lipinski definition) is 1. The third-order valence-corrected chi connectivity index (χ3v) is 4.95. The van der Waals surface area contributed by atoms with Crippen LogP contribution in [-0.4, -0.2) is 56.6 Å². The van der Waals surface area contributed by atoms with Crippen molar-refractivity contribution in [2.75, 3.05) is 20.3 Å². The summed E-state index contributed by atoms with van der Waals surface area (Å²) in [5.74, 6) is 1.66. The molecule has 5 aromatic rings. The van der Waals surface area contributed by atoms with E-state index in [0.717, 1.165) is 22.0 Å². The van der Waals surface area contributed by atoms with Gasteiger partial charge in [0.25, 0.3) is 0 Å². The fourth-order valence-corrected chi connectivity index (χ4v) is 3.24. The number of carbonyl (C=O) groups is 1. The van der Waals surface area contributed by atoms with Crippen molar-refractivity contribution < 1.29 is 18.8 Å². The molecule has 1 N–H and O–H groups in total. The highest BCUT2D eigenvalue weighted by atomic mass is 16.5. The molecule has 0 saturated heterocycles. The van der Waals surface area contributed by atoms with Crippen LogP contribution < -0.4 is 10.1 Å². The molecule has 0 fully saturated rings. The average Bonchev–Trinajstić information content (AvgIpc) is 3.50. The number of pyridine rings is 1. The van der Waals surface area contributed by atoms with E-state index in [2.05, 4.69) is 35.5 Å². The predicted octanol–water partition coefficient (Wildman–Crippen LogP) is 2.90. The number of nitrogens with zero attached hydrogens (tertiary/aromatic N) is 6. The topological polar surface area (TPSA) is 130 Å². The van der Waals surface area contributed by atoms with Gasteiger partial charge in [0.1, 0.15) is 12.4 Å². The van der Waals surface area contributed by atoms with E-state index in [9.17, 15) is 4.79 Å². The number of hydrogen-bond acceptors (Lipinski definition) is 9. The first kappa shape index (κ1) is 23.8. The molecule has 0 spiro atoms. The van der Waals surface area contributed by atoms with E-state index >= 15 is 0 Å². The molecular formula is C24H25N7O4. The normalized spacial score (nSPS) is 10.7. The summed E-state index contributed by atoms with van der Waals surface area (Å²) < 4.78 is 17.5. The Kier molecular flexibility index (Phi) is 7.58. The van der Waals surface area contributed by atoms with Crippen LogP contribution in [0.1, 0.15) is 17.0 Å². The molecule has 0 aliphatic carbocycles. The van der Waals surface area contributed by atoms with Gasteiger partial charge in [0.2, 0.25) is 18.1 Å². The van der Waals surface area contributed by atoms with Crippen molar-refractivity contribution >= 4 is 22.8 Å². The molecule has 0 bridgehead atoms. The van der Waals surface area contributed by atoms with Gasteiger partial charge in [-0.25, -0.2) is 0 Å². The summed E-state index contributed by atoms with van der Waals surface area (Å²) in [7, 11) is 1.59. The van der Waals surface area contributed by atoms with E-state index < -0.39 is 0 Å². The maximum atomic E-state index is 9.51. The number of carbonyl (C=O) groups excluding carboxylic acids is 1. The van der Waals surface area contributed by atoms with Gasteiger partial charge in [-0.05, 0) is 31.5 Å². The molecule has 35 heavy (non-hydrogen) atoms. The Morgan fingerprint density at radius 3 is 2.63 bits per heavy atom. The molecule has 1 aromatic carbocycles. The van der Waals surface area contributed by atoms with Crippen LogP contribution in [-0.2, 0) is 16.1 Å². The molecule has 11 nitrogen and oxygen atoms in total. The van der Waals surface area contributed by atoms with Gasteiger partial charge in [-0.1, -0.05) is 29.4 Å². The fraction of sp³-hybridized carbons (Fsp3) is 0.250. The first-order chi connectivity index (χ1) is 17.1. The SMILES string of the molecule is COCCNC=O.Cc1ccc(COc2nn3c(-c4cc(C)on4)nnc3c3ccccc23)nc1. The molecule has 1 amide bonds. The summed E-state index contributed by atoms with van der Waals surface area (Å²) in [4.78, 5) is 13.9. The molecule has 180 valence electrons. The van der Waals surface area contributed by atoms with Crippen molar-refractivity contribution in [3.8, 4) is 17.4 Å². The summed E-state index contributed by atoms with van der Waals surface area (Å²) in [6.45, 7) is 5.31. The maximum absolute atomic E-state index is 9.51. The lowest BCUT2D eigenvalue weighted by atomic mass is 10.2. The van der Waals surface area contributed by atoms with Gasteiger partial charge in [-0.15, -0.1) is 15.3 Å². The molecule has 0 aliphatic heterocycles. The zero-order valence-electron chi connectivity index (χ0n) is 19.6. The van der Waals surface area contributed by atoms with Crippen LogP contribution in [0, 0.1) is 13.8 Å². The molecule has 0 radical (unpaired) electrons. The van der Waals surface area contributed by atoms with Gasteiger partial charge in [0.05, 0.1) is 12.3 Å². The number of benzene rings is 1. The van der Waals surface area contributed by atoms with Gasteiger partial charge in [0.15, 0.2) is 11.3 Å². The number of aromatic nitrogens is 6. The Bertz CT molecular complexity index is 1410. The van der Waals surface area contributed by atoms with Gasteiger partial charge in [-0.2, -0.15) is 4.52 Å². The molecular weight excluding hydrogens is 450 g/mol. The molecule has 4 aromatic heterocycles. The first-order valence-corrected chi connectivity index (χ1v) is 10.9. The first-order valence-electron chi connectivity index (χ1n) is 10.9. The van der Waals surface area contributed by atoms with Crippen LogP contribution in [0.3, 0.4) is 0 Å².